The molecule has 1 aromatic carbocycles. The molecule has 21 heavy (non-hydrogen) atoms. The number of benzene rings is 1. The Hall–Kier alpha value is -1.06. The van der Waals surface area contributed by atoms with Crippen LogP contribution in [0.25, 0.3) is 0 Å². The molecule has 1 unspecified atom stereocenters. The number of nitrogens with zero attached hydrogens (tertiary/aromatic N) is 1. The average Bonchev–Trinajstić information content (AvgIpc) is 2.44. The quantitative estimate of drug-likeness (QED) is 0.765. The van der Waals surface area contributed by atoms with Gasteiger partial charge in [-0.1, -0.05) is 23.2 Å². The molecule has 0 spiro atoms. The molecule has 1 saturated heterocycles. The van der Waals surface area contributed by atoms with Crippen molar-refractivity contribution in [2.24, 2.45) is 5.73 Å². The number of rotatable bonds is 3. The van der Waals surface area contributed by atoms with Crippen molar-refractivity contribution in [1.82, 2.24) is 4.31 Å². The number of sulfonamides is 1. The highest BCUT2D eigenvalue weighted by Crippen LogP contribution is 2.35. The fourth-order valence-corrected chi connectivity index (χ4v) is 4.28. The first-order chi connectivity index (χ1) is 9.76. The summed E-state index contributed by atoms with van der Waals surface area (Å²) in [6, 6.07) is 1.48. The summed E-state index contributed by atoms with van der Waals surface area (Å²) in [5.41, 5.74) is 10.8. The van der Waals surface area contributed by atoms with E-state index in [4.69, 9.17) is 39.4 Å². The number of hydrogen-bond donors (Lipinski definition) is 2. The molecule has 1 aromatic rings. The zero-order valence-electron chi connectivity index (χ0n) is 10.8. The van der Waals surface area contributed by atoms with Gasteiger partial charge in [0.2, 0.25) is 15.9 Å². The van der Waals surface area contributed by atoms with Crippen molar-refractivity contribution in [3.05, 3.63) is 22.2 Å². The first-order valence-electron chi connectivity index (χ1n) is 5.89. The minimum atomic E-state index is -4.04. The first kappa shape index (κ1) is 16.3. The highest BCUT2D eigenvalue weighted by Gasteiger charge is 2.38. The minimum Gasteiger partial charge on any atom is -0.396 e. The minimum absolute atomic E-state index is 0.00516. The lowest BCUT2D eigenvalue weighted by Crippen LogP contribution is -2.54. The van der Waals surface area contributed by atoms with Crippen LogP contribution in [0, 0.1) is 0 Å². The number of anilines is 1. The fraction of sp³-hybridized carbons (Fsp3) is 0.364. The van der Waals surface area contributed by atoms with Crippen molar-refractivity contribution in [3.8, 4) is 0 Å². The molecule has 0 aliphatic carbocycles. The van der Waals surface area contributed by atoms with Crippen molar-refractivity contribution in [1.29, 1.82) is 0 Å². The number of nitrogen functional groups attached to an aromatic ring is 1. The largest absolute Gasteiger partial charge is 0.396 e. The summed E-state index contributed by atoms with van der Waals surface area (Å²) in [6.07, 6.45) is 0. The Kier molecular flexibility index (Phi) is 4.64. The normalized spacial score (nSPS) is 20.4. The fourth-order valence-electron chi connectivity index (χ4n) is 1.98. The Morgan fingerprint density at radius 3 is 2.67 bits per heavy atom. The zero-order chi connectivity index (χ0) is 15.8. The maximum atomic E-state index is 12.7. The standard InChI is InChI=1S/C11H13Cl2N3O4S/c12-6-1-2-8(9(13)10(6)14)21(18,19)16-3-4-20-5-7(16)11(15)17/h1-2,7H,3-5,14H2,(H2,15,17). The number of morpholine rings is 1. The van der Waals surface area contributed by atoms with Gasteiger partial charge in [0.1, 0.15) is 10.9 Å². The van der Waals surface area contributed by atoms with E-state index < -0.39 is 22.0 Å². The van der Waals surface area contributed by atoms with Crippen molar-refractivity contribution in [3.63, 3.8) is 0 Å². The Bertz CT molecular complexity index is 680. The number of halogens is 2. The number of primary amides is 1. The van der Waals surface area contributed by atoms with Crippen LogP contribution >= 0.6 is 23.2 Å². The third-order valence-corrected chi connectivity index (χ3v) is 5.88. The molecule has 1 amide bonds. The molecule has 0 radical (unpaired) electrons. The topological polar surface area (TPSA) is 116 Å². The summed E-state index contributed by atoms with van der Waals surface area (Å²) < 4.78 is 31.4. The zero-order valence-corrected chi connectivity index (χ0v) is 13.1. The SMILES string of the molecule is NC(=O)C1COCCN1S(=O)(=O)c1ccc(Cl)c(N)c1Cl. The molecule has 1 aliphatic heterocycles. The molecule has 4 N–H and O–H groups in total. The van der Waals surface area contributed by atoms with Gasteiger partial charge >= 0.3 is 0 Å². The number of nitrogens with two attached hydrogens (primary N) is 2. The molecular weight excluding hydrogens is 341 g/mol. The summed E-state index contributed by atoms with van der Waals surface area (Å²) in [5.74, 6) is -0.795. The van der Waals surface area contributed by atoms with Gasteiger partial charge in [0.05, 0.1) is 28.9 Å². The molecule has 0 saturated carbocycles. The van der Waals surface area contributed by atoms with E-state index in [1.165, 1.54) is 12.1 Å². The molecule has 0 bridgehead atoms. The van der Waals surface area contributed by atoms with Crippen LogP contribution in [-0.4, -0.2) is 44.4 Å². The predicted molar refractivity (Wildman–Crippen MR) is 78.6 cm³/mol. The second-order valence-electron chi connectivity index (χ2n) is 4.38. The van der Waals surface area contributed by atoms with Gasteiger partial charge < -0.3 is 16.2 Å². The smallest absolute Gasteiger partial charge is 0.245 e. The molecule has 1 fully saturated rings. The van der Waals surface area contributed by atoms with Gasteiger partial charge in [0, 0.05) is 6.54 Å². The van der Waals surface area contributed by atoms with Gasteiger partial charge in [-0.3, -0.25) is 4.79 Å². The Morgan fingerprint density at radius 1 is 1.38 bits per heavy atom. The van der Waals surface area contributed by atoms with Gasteiger partial charge in [0.15, 0.2) is 0 Å². The van der Waals surface area contributed by atoms with Gasteiger partial charge in [-0.25, -0.2) is 8.42 Å². The van der Waals surface area contributed by atoms with E-state index in [1.54, 1.807) is 0 Å². The van der Waals surface area contributed by atoms with E-state index in [9.17, 15) is 13.2 Å². The Labute approximate surface area is 131 Å². The molecule has 2 rings (SSSR count). The van der Waals surface area contributed by atoms with Gasteiger partial charge in [-0.05, 0) is 12.1 Å². The molecule has 0 aromatic heterocycles. The summed E-state index contributed by atoms with van der Waals surface area (Å²) >= 11 is 11.8. The summed E-state index contributed by atoms with van der Waals surface area (Å²) in [7, 11) is -4.04. The molecule has 1 aliphatic rings. The third-order valence-electron chi connectivity index (χ3n) is 3.09. The van der Waals surface area contributed by atoms with Crippen molar-refractivity contribution in [2.75, 3.05) is 25.5 Å². The highest BCUT2D eigenvalue weighted by molar-refractivity contribution is 7.89. The van der Waals surface area contributed by atoms with Gasteiger partial charge in [-0.2, -0.15) is 4.31 Å². The number of carbonyl (C=O) groups is 1. The van der Waals surface area contributed by atoms with Crippen LogP contribution in [0.2, 0.25) is 10.0 Å². The van der Waals surface area contributed by atoms with E-state index in [2.05, 4.69) is 0 Å². The van der Waals surface area contributed by atoms with Crippen LogP contribution in [0.3, 0.4) is 0 Å². The van der Waals surface area contributed by atoms with Crippen molar-refractivity contribution in [2.45, 2.75) is 10.9 Å². The second kappa shape index (κ2) is 5.98. The molecule has 116 valence electrons. The van der Waals surface area contributed by atoms with Crippen LogP contribution in [0.1, 0.15) is 0 Å². The van der Waals surface area contributed by atoms with Gasteiger partial charge in [0.25, 0.3) is 0 Å². The number of amides is 1. The van der Waals surface area contributed by atoms with E-state index in [1.807, 2.05) is 0 Å². The number of hydrogen-bond acceptors (Lipinski definition) is 5. The van der Waals surface area contributed by atoms with Crippen LogP contribution < -0.4 is 11.5 Å². The van der Waals surface area contributed by atoms with E-state index in [0.29, 0.717) is 0 Å². The maximum Gasteiger partial charge on any atom is 0.245 e. The van der Waals surface area contributed by atoms with Crippen LogP contribution in [0.4, 0.5) is 5.69 Å². The summed E-state index contributed by atoms with van der Waals surface area (Å²) in [6.45, 7) is 0.0494. The third kappa shape index (κ3) is 2.95. The first-order valence-corrected chi connectivity index (χ1v) is 8.08. The number of carbonyl (C=O) groups excluding carboxylic acids is 1. The van der Waals surface area contributed by atoms with Gasteiger partial charge in [-0.15, -0.1) is 0 Å². The van der Waals surface area contributed by atoms with Crippen molar-refractivity contribution < 1.29 is 17.9 Å². The molecule has 1 heterocycles. The molecule has 10 heteroatoms. The molecular formula is C11H13Cl2N3O4S. The monoisotopic (exact) mass is 353 g/mol. The second-order valence-corrected chi connectivity index (χ2v) is 7.03. The Morgan fingerprint density at radius 2 is 2.05 bits per heavy atom. The molecule has 7 nitrogen and oxygen atoms in total. The van der Waals surface area contributed by atoms with Crippen LogP contribution in [0.5, 0.6) is 0 Å². The predicted octanol–water partition coefficient (Wildman–Crippen LogP) is 0.450. The highest BCUT2D eigenvalue weighted by atomic mass is 35.5. The summed E-state index contributed by atoms with van der Waals surface area (Å²) in [4.78, 5) is 11.2. The van der Waals surface area contributed by atoms with E-state index >= 15 is 0 Å². The summed E-state index contributed by atoms with van der Waals surface area (Å²) in [5, 5.41) is -0.0374. The average molecular weight is 354 g/mol. The number of ether oxygens (including phenoxy) is 1. The lowest BCUT2D eigenvalue weighted by atomic mass is 10.3. The van der Waals surface area contributed by atoms with E-state index in [-0.39, 0.29) is 40.4 Å². The van der Waals surface area contributed by atoms with Crippen LogP contribution in [0.15, 0.2) is 17.0 Å². The molecule has 1 atom stereocenters. The Balaban J connectivity index is 2.51. The maximum absolute atomic E-state index is 12.7. The van der Waals surface area contributed by atoms with E-state index in [0.717, 1.165) is 4.31 Å². The van der Waals surface area contributed by atoms with Crippen LogP contribution in [-0.2, 0) is 19.6 Å². The lowest BCUT2D eigenvalue weighted by molar-refractivity contribution is -0.125. The van der Waals surface area contributed by atoms with Crippen molar-refractivity contribution >= 4 is 44.8 Å². The lowest BCUT2D eigenvalue weighted by Gasteiger charge is -2.32.